The lowest BCUT2D eigenvalue weighted by molar-refractivity contribution is -0.145. The lowest BCUT2D eigenvalue weighted by Crippen LogP contribution is -2.29. The molecule has 0 fully saturated rings. The lowest BCUT2D eigenvalue weighted by Gasteiger charge is -2.30. The van der Waals surface area contributed by atoms with Gasteiger partial charge >= 0.3 is 5.97 Å². The lowest BCUT2D eigenvalue weighted by atomic mass is 9.74. The number of carbonyl (C=O) groups is 1. The number of carboxylic acid groups (broad SMARTS) is 1. The molecule has 0 aliphatic carbocycles. The third-order valence-corrected chi connectivity index (χ3v) is 3.03. The quantitative estimate of drug-likeness (QED) is 0.682. The summed E-state index contributed by atoms with van der Waals surface area (Å²) in [5.74, 6) is -0.923. The fourth-order valence-corrected chi connectivity index (χ4v) is 1.16. The van der Waals surface area contributed by atoms with Crippen LogP contribution in [-0.4, -0.2) is 11.1 Å². The number of hydrogen-bond acceptors (Lipinski definition) is 1. The molecule has 0 spiro atoms. The van der Waals surface area contributed by atoms with E-state index in [0.29, 0.717) is 0 Å². The molecule has 0 aliphatic heterocycles. The van der Waals surface area contributed by atoms with Crippen LogP contribution in [0.1, 0.15) is 40.5 Å². The fourth-order valence-electron chi connectivity index (χ4n) is 1.16. The SMILES string of the molecule is CCC(C)(CC)C(C)C(=O)O. The van der Waals surface area contributed by atoms with E-state index in [2.05, 4.69) is 0 Å². The average molecular weight is 158 g/mol. The highest BCUT2D eigenvalue weighted by Gasteiger charge is 2.32. The standard InChI is InChI=1S/C9H18O2/c1-5-9(4,6-2)7(3)8(10)11/h7H,5-6H2,1-4H3,(H,10,11). The molecule has 1 atom stereocenters. The summed E-state index contributed by atoms with van der Waals surface area (Å²) in [7, 11) is 0. The van der Waals surface area contributed by atoms with Crippen LogP contribution in [0.5, 0.6) is 0 Å². The minimum Gasteiger partial charge on any atom is -0.481 e. The van der Waals surface area contributed by atoms with Crippen molar-refractivity contribution < 1.29 is 9.90 Å². The Morgan fingerprint density at radius 1 is 1.45 bits per heavy atom. The topological polar surface area (TPSA) is 37.3 Å². The Morgan fingerprint density at radius 3 is 1.91 bits per heavy atom. The van der Waals surface area contributed by atoms with Gasteiger partial charge in [-0.25, -0.2) is 0 Å². The van der Waals surface area contributed by atoms with Gasteiger partial charge < -0.3 is 5.11 Å². The molecule has 0 saturated carbocycles. The maximum Gasteiger partial charge on any atom is 0.306 e. The van der Waals surface area contributed by atoms with Crippen LogP contribution in [0.4, 0.5) is 0 Å². The van der Waals surface area contributed by atoms with E-state index < -0.39 is 5.97 Å². The number of rotatable bonds is 4. The second kappa shape index (κ2) is 3.74. The molecule has 1 N–H and O–H groups in total. The molecule has 1 unspecified atom stereocenters. The van der Waals surface area contributed by atoms with Gasteiger partial charge in [0.05, 0.1) is 5.92 Å². The Bertz CT molecular complexity index is 136. The minimum atomic E-state index is -0.684. The third-order valence-electron chi connectivity index (χ3n) is 3.03. The van der Waals surface area contributed by atoms with Crippen molar-refractivity contribution >= 4 is 5.97 Å². The highest BCUT2D eigenvalue weighted by molar-refractivity contribution is 5.70. The summed E-state index contributed by atoms with van der Waals surface area (Å²) in [5, 5.41) is 8.78. The summed E-state index contributed by atoms with van der Waals surface area (Å²) < 4.78 is 0. The Labute approximate surface area is 68.6 Å². The van der Waals surface area contributed by atoms with Crippen LogP contribution >= 0.6 is 0 Å². The average Bonchev–Trinajstić information content (AvgIpc) is 2.01. The fraction of sp³-hybridized carbons (Fsp3) is 0.889. The van der Waals surface area contributed by atoms with Gasteiger partial charge in [-0.05, 0) is 18.3 Å². The number of carboxylic acids is 1. The van der Waals surface area contributed by atoms with E-state index in [1.165, 1.54) is 0 Å². The van der Waals surface area contributed by atoms with E-state index >= 15 is 0 Å². The van der Waals surface area contributed by atoms with Gasteiger partial charge in [0, 0.05) is 0 Å². The van der Waals surface area contributed by atoms with E-state index in [-0.39, 0.29) is 11.3 Å². The first-order valence-corrected chi connectivity index (χ1v) is 4.20. The molecule has 0 bridgehead atoms. The molecular formula is C9H18O2. The van der Waals surface area contributed by atoms with Crippen molar-refractivity contribution in [2.45, 2.75) is 40.5 Å². The van der Waals surface area contributed by atoms with Gasteiger partial charge in [0.25, 0.3) is 0 Å². The largest absolute Gasteiger partial charge is 0.481 e. The summed E-state index contributed by atoms with van der Waals surface area (Å²) in [4.78, 5) is 10.7. The van der Waals surface area contributed by atoms with Gasteiger partial charge in [-0.15, -0.1) is 0 Å². The molecular weight excluding hydrogens is 140 g/mol. The van der Waals surface area contributed by atoms with E-state index in [0.717, 1.165) is 12.8 Å². The van der Waals surface area contributed by atoms with Crippen molar-refractivity contribution in [2.75, 3.05) is 0 Å². The first-order valence-electron chi connectivity index (χ1n) is 4.20. The van der Waals surface area contributed by atoms with Crippen molar-refractivity contribution in [2.24, 2.45) is 11.3 Å². The van der Waals surface area contributed by atoms with E-state index in [1.807, 2.05) is 20.8 Å². The van der Waals surface area contributed by atoms with Crippen LogP contribution in [0, 0.1) is 11.3 Å². The Balaban J connectivity index is 4.36. The maximum atomic E-state index is 10.7. The Morgan fingerprint density at radius 2 is 1.82 bits per heavy atom. The van der Waals surface area contributed by atoms with E-state index in [4.69, 9.17) is 5.11 Å². The Kier molecular flexibility index (Phi) is 3.56. The molecule has 0 aromatic carbocycles. The molecule has 2 heteroatoms. The molecule has 11 heavy (non-hydrogen) atoms. The van der Waals surface area contributed by atoms with Gasteiger partial charge in [0.2, 0.25) is 0 Å². The van der Waals surface area contributed by atoms with E-state index in [1.54, 1.807) is 6.92 Å². The Hall–Kier alpha value is -0.530. The van der Waals surface area contributed by atoms with Crippen molar-refractivity contribution in [1.29, 1.82) is 0 Å². The number of aliphatic carboxylic acids is 1. The maximum absolute atomic E-state index is 10.7. The van der Waals surface area contributed by atoms with Gasteiger partial charge in [-0.2, -0.15) is 0 Å². The third kappa shape index (κ3) is 2.21. The summed E-state index contributed by atoms with van der Waals surface area (Å²) in [6.07, 6.45) is 1.86. The molecule has 0 aromatic heterocycles. The predicted molar refractivity (Wildman–Crippen MR) is 45.5 cm³/mol. The molecule has 0 aromatic rings. The van der Waals surface area contributed by atoms with Crippen molar-refractivity contribution in [3.8, 4) is 0 Å². The molecule has 0 rings (SSSR count). The van der Waals surface area contributed by atoms with Gasteiger partial charge in [0.15, 0.2) is 0 Å². The first-order chi connectivity index (χ1) is 4.98. The predicted octanol–water partition coefficient (Wildman–Crippen LogP) is 2.53. The number of hydrogen-bond donors (Lipinski definition) is 1. The van der Waals surface area contributed by atoms with Gasteiger partial charge in [0.1, 0.15) is 0 Å². The smallest absolute Gasteiger partial charge is 0.306 e. The molecule has 0 heterocycles. The van der Waals surface area contributed by atoms with Crippen molar-refractivity contribution in [3.05, 3.63) is 0 Å². The molecule has 0 aliphatic rings. The molecule has 0 amide bonds. The van der Waals surface area contributed by atoms with Crippen molar-refractivity contribution in [1.82, 2.24) is 0 Å². The zero-order valence-electron chi connectivity index (χ0n) is 7.85. The van der Waals surface area contributed by atoms with Crippen LogP contribution in [0.25, 0.3) is 0 Å². The molecule has 66 valence electrons. The summed E-state index contributed by atoms with van der Waals surface area (Å²) in [5.41, 5.74) is -0.0359. The van der Waals surface area contributed by atoms with Crippen LogP contribution in [0.3, 0.4) is 0 Å². The second-order valence-electron chi connectivity index (χ2n) is 3.42. The van der Waals surface area contributed by atoms with Crippen LogP contribution in [-0.2, 0) is 4.79 Å². The monoisotopic (exact) mass is 158 g/mol. The first kappa shape index (κ1) is 10.5. The highest BCUT2D eigenvalue weighted by Crippen LogP contribution is 2.34. The van der Waals surface area contributed by atoms with Crippen LogP contribution in [0.2, 0.25) is 0 Å². The minimum absolute atomic E-state index is 0.0359. The summed E-state index contributed by atoms with van der Waals surface area (Å²) in [6, 6.07) is 0. The molecule has 2 nitrogen and oxygen atoms in total. The van der Waals surface area contributed by atoms with Crippen LogP contribution in [0.15, 0.2) is 0 Å². The summed E-state index contributed by atoms with van der Waals surface area (Å²) >= 11 is 0. The molecule has 0 radical (unpaired) electrons. The van der Waals surface area contributed by atoms with Crippen LogP contribution < -0.4 is 0 Å². The zero-order valence-corrected chi connectivity index (χ0v) is 7.85. The van der Waals surface area contributed by atoms with Gasteiger partial charge in [-0.1, -0.05) is 27.7 Å². The zero-order chi connectivity index (χ0) is 9.07. The summed E-state index contributed by atoms with van der Waals surface area (Å²) in [6.45, 7) is 7.91. The van der Waals surface area contributed by atoms with E-state index in [9.17, 15) is 4.79 Å². The second-order valence-corrected chi connectivity index (χ2v) is 3.42. The normalized spacial score (nSPS) is 14.5. The van der Waals surface area contributed by atoms with Gasteiger partial charge in [-0.3, -0.25) is 4.79 Å². The van der Waals surface area contributed by atoms with Crippen molar-refractivity contribution in [3.63, 3.8) is 0 Å². The molecule has 0 saturated heterocycles. The highest BCUT2D eigenvalue weighted by atomic mass is 16.4.